The molecule has 0 spiro atoms. The number of hydrogen-bond donors (Lipinski definition) is 1. The lowest BCUT2D eigenvalue weighted by atomic mass is 9.95. The van der Waals surface area contributed by atoms with E-state index in [1.807, 2.05) is 0 Å². The molecule has 2 heteroatoms. The van der Waals surface area contributed by atoms with Crippen LogP contribution in [0.5, 0.6) is 0 Å². The summed E-state index contributed by atoms with van der Waals surface area (Å²) in [5.41, 5.74) is 0. The van der Waals surface area contributed by atoms with Crippen molar-refractivity contribution >= 4 is 11.8 Å². The Hall–Kier alpha value is 0.310. The molecule has 14 heavy (non-hydrogen) atoms. The molecule has 1 nitrogen and oxygen atoms in total. The molecule has 0 aromatic carbocycles. The highest BCUT2D eigenvalue weighted by Gasteiger charge is 2.22. The number of hydrogen-bond acceptors (Lipinski definition) is 2. The predicted molar refractivity (Wildman–Crippen MR) is 67.0 cm³/mol. The monoisotopic (exact) mass is 215 g/mol. The first kappa shape index (κ1) is 12.4. The summed E-state index contributed by atoms with van der Waals surface area (Å²) in [7, 11) is 2.13. The molecule has 0 amide bonds. The van der Waals surface area contributed by atoms with Crippen LogP contribution >= 0.6 is 11.8 Å². The standard InChI is InChI=1S/C12H25NS/c1-3-14-10-6-9-12(13-2)11-7-4-5-8-11/h11-13H,3-10H2,1-2H3. The van der Waals surface area contributed by atoms with Gasteiger partial charge in [0.15, 0.2) is 0 Å². The molecular formula is C12H25NS. The highest BCUT2D eigenvalue weighted by molar-refractivity contribution is 7.99. The number of nitrogens with one attached hydrogen (secondary N) is 1. The van der Waals surface area contributed by atoms with Gasteiger partial charge in [0.2, 0.25) is 0 Å². The molecule has 0 aliphatic heterocycles. The summed E-state index contributed by atoms with van der Waals surface area (Å²) < 4.78 is 0. The lowest BCUT2D eigenvalue weighted by Gasteiger charge is -2.22. The van der Waals surface area contributed by atoms with Gasteiger partial charge in [0.25, 0.3) is 0 Å². The zero-order chi connectivity index (χ0) is 10.2. The van der Waals surface area contributed by atoms with E-state index in [1.54, 1.807) is 0 Å². The zero-order valence-corrected chi connectivity index (χ0v) is 10.5. The van der Waals surface area contributed by atoms with Gasteiger partial charge in [0.1, 0.15) is 0 Å². The summed E-state index contributed by atoms with van der Waals surface area (Å²) in [4.78, 5) is 0. The molecule has 1 atom stereocenters. The van der Waals surface area contributed by atoms with Gasteiger partial charge in [0.05, 0.1) is 0 Å². The third kappa shape index (κ3) is 4.22. The van der Waals surface area contributed by atoms with E-state index in [4.69, 9.17) is 0 Å². The van der Waals surface area contributed by atoms with Crippen molar-refractivity contribution in [1.29, 1.82) is 0 Å². The Labute approximate surface area is 93.4 Å². The van der Waals surface area contributed by atoms with E-state index in [0.29, 0.717) is 0 Å². The van der Waals surface area contributed by atoms with Gasteiger partial charge in [-0.25, -0.2) is 0 Å². The van der Waals surface area contributed by atoms with Crippen LogP contribution in [0.15, 0.2) is 0 Å². The molecular weight excluding hydrogens is 190 g/mol. The minimum atomic E-state index is 0.801. The maximum Gasteiger partial charge on any atom is 0.00926 e. The van der Waals surface area contributed by atoms with Crippen molar-refractivity contribution in [3.63, 3.8) is 0 Å². The van der Waals surface area contributed by atoms with Crippen LogP contribution in [0.25, 0.3) is 0 Å². The zero-order valence-electron chi connectivity index (χ0n) is 9.72. The second-order valence-electron chi connectivity index (χ2n) is 4.28. The summed E-state index contributed by atoms with van der Waals surface area (Å²) >= 11 is 2.08. The maximum absolute atomic E-state index is 3.51. The van der Waals surface area contributed by atoms with Gasteiger partial charge in [-0.1, -0.05) is 19.8 Å². The van der Waals surface area contributed by atoms with Crippen molar-refractivity contribution in [2.45, 2.75) is 51.5 Å². The molecule has 0 bridgehead atoms. The minimum absolute atomic E-state index is 0.801. The largest absolute Gasteiger partial charge is 0.317 e. The Bertz CT molecular complexity index is 132. The molecule has 0 aromatic heterocycles. The third-order valence-electron chi connectivity index (χ3n) is 3.35. The van der Waals surface area contributed by atoms with Crippen LogP contribution < -0.4 is 5.32 Å². The molecule has 0 saturated heterocycles. The highest BCUT2D eigenvalue weighted by Crippen LogP contribution is 2.29. The molecule has 0 aromatic rings. The Balaban J connectivity index is 2.11. The SMILES string of the molecule is CCSCCCC(NC)C1CCCC1. The van der Waals surface area contributed by atoms with E-state index in [0.717, 1.165) is 12.0 Å². The lowest BCUT2D eigenvalue weighted by Crippen LogP contribution is -2.32. The Kier molecular flexibility index (Phi) is 6.70. The van der Waals surface area contributed by atoms with Crippen molar-refractivity contribution < 1.29 is 0 Å². The van der Waals surface area contributed by atoms with Gasteiger partial charge in [-0.15, -0.1) is 0 Å². The second-order valence-corrected chi connectivity index (χ2v) is 5.67. The fourth-order valence-electron chi connectivity index (χ4n) is 2.53. The van der Waals surface area contributed by atoms with Gasteiger partial charge in [-0.2, -0.15) is 11.8 Å². The molecule has 84 valence electrons. The number of rotatable bonds is 7. The quantitative estimate of drug-likeness (QED) is 0.654. The fraction of sp³-hybridized carbons (Fsp3) is 1.00. The van der Waals surface area contributed by atoms with Crippen molar-refractivity contribution in [2.24, 2.45) is 5.92 Å². The van der Waals surface area contributed by atoms with Crippen LogP contribution in [0, 0.1) is 5.92 Å². The first-order valence-electron chi connectivity index (χ1n) is 6.13. The lowest BCUT2D eigenvalue weighted by molar-refractivity contribution is 0.358. The van der Waals surface area contributed by atoms with Crippen LogP contribution in [0.1, 0.15) is 45.4 Å². The van der Waals surface area contributed by atoms with Crippen LogP contribution in [0.2, 0.25) is 0 Å². The van der Waals surface area contributed by atoms with Gasteiger partial charge < -0.3 is 5.32 Å². The average molecular weight is 215 g/mol. The Morgan fingerprint density at radius 1 is 1.36 bits per heavy atom. The summed E-state index contributed by atoms with van der Waals surface area (Å²) in [5, 5.41) is 3.51. The molecule has 0 heterocycles. The molecule has 1 N–H and O–H groups in total. The van der Waals surface area contributed by atoms with Crippen LogP contribution in [0.4, 0.5) is 0 Å². The van der Waals surface area contributed by atoms with Gasteiger partial charge in [0, 0.05) is 6.04 Å². The Morgan fingerprint density at radius 3 is 2.64 bits per heavy atom. The molecule has 1 saturated carbocycles. The van der Waals surface area contributed by atoms with E-state index in [1.165, 1.54) is 50.0 Å². The van der Waals surface area contributed by atoms with Crippen LogP contribution in [-0.4, -0.2) is 24.6 Å². The van der Waals surface area contributed by atoms with E-state index >= 15 is 0 Å². The van der Waals surface area contributed by atoms with Gasteiger partial charge in [-0.3, -0.25) is 0 Å². The second kappa shape index (κ2) is 7.58. The maximum atomic E-state index is 3.51. The molecule has 1 fully saturated rings. The number of thioether (sulfide) groups is 1. The molecule has 1 aliphatic rings. The van der Waals surface area contributed by atoms with Crippen LogP contribution in [-0.2, 0) is 0 Å². The molecule has 1 rings (SSSR count). The normalized spacial score (nSPS) is 20.1. The fourth-order valence-corrected chi connectivity index (χ4v) is 3.18. The van der Waals surface area contributed by atoms with Crippen molar-refractivity contribution in [3.05, 3.63) is 0 Å². The highest BCUT2D eigenvalue weighted by atomic mass is 32.2. The topological polar surface area (TPSA) is 12.0 Å². The van der Waals surface area contributed by atoms with Crippen molar-refractivity contribution in [3.8, 4) is 0 Å². The van der Waals surface area contributed by atoms with E-state index in [2.05, 4.69) is 31.1 Å². The van der Waals surface area contributed by atoms with Crippen LogP contribution in [0.3, 0.4) is 0 Å². The molecule has 1 unspecified atom stereocenters. The van der Waals surface area contributed by atoms with Crippen molar-refractivity contribution in [1.82, 2.24) is 5.32 Å². The predicted octanol–water partition coefficient (Wildman–Crippen LogP) is 3.30. The Morgan fingerprint density at radius 2 is 2.07 bits per heavy atom. The average Bonchev–Trinajstić information content (AvgIpc) is 2.71. The summed E-state index contributed by atoms with van der Waals surface area (Å²) in [6.07, 6.45) is 8.63. The summed E-state index contributed by atoms with van der Waals surface area (Å²) in [6.45, 7) is 2.25. The van der Waals surface area contributed by atoms with E-state index in [9.17, 15) is 0 Å². The summed E-state index contributed by atoms with van der Waals surface area (Å²) in [6, 6.07) is 0.801. The van der Waals surface area contributed by atoms with E-state index < -0.39 is 0 Å². The van der Waals surface area contributed by atoms with Gasteiger partial charge in [-0.05, 0) is 50.2 Å². The molecule has 0 radical (unpaired) electrons. The first-order chi connectivity index (χ1) is 6.88. The smallest absolute Gasteiger partial charge is 0.00926 e. The summed E-state index contributed by atoms with van der Waals surface area (Å²) in [5.74, 6) is 3.60. The third-order valence-corrected chi connectivity index (χ3v) is 4.33. The van der Waals surface area contributed by atoms with Gasteiger partial charge >= 0.3 is 0 Å². The molecule has 1 aliphatic carbocycles. The first-order valence-corrected chi connectivity index (χ1v) is 7.29. The van der Waals surface area contributed by atoms with Crippen molar-refractivity contribution in [2.75, 3.05) is 18.6 Å². The minimum Gasteiger partial charge on any atom is -0.317 e. The van der Waals surface area contributed by atoms with E-state index in [-0.39, 0.29) is 0 Å².